The van der Waals surface area contributed by atoms with Crippen molar-refractivity contribution in [1.82, 2.24) is 4.90 Å². The van der Waals surface area contributed by atoms with Crippen LogP contribution < -0.4 is 0 Å². The molecule has 0 bridgehead atoms. The fourth-order valence-electron chi connectivity index (χ4n) is 3.62. The zero-order chi connectivity index (χ0) is 31.7. The maximum Gasteiger partial charge on any atom is 0.500 e. The smallest absolute Gasteiger partial charge is 0.463 e. The number of carbonyl (C=O) groups is 3. The predicted octanol–water partition coefficient (Wildman–Crippen LogP) is 2.02. The van der Waals surface area contributed by atoms with Crippen molar-refractivity contribution >= 4 is 26.7 Å². The second-order valence-electron chi connectivity index (χ2n) is 9.43. The Balaban J connectivity index is 4.51. The number of ether oxygens (including phenoxy) is 6. The summed E-state index contributed by atoms with van der Waals surface area (Å²) < 4.78 is 48.8. The van der Waals surface area contributed by atoms with Crippen LogP contribution in [0.4, 0.5) is 0 Å². The van der Waals surface area contributed by atoms with Crippen LogP contribution in [0.2, 0.25) is 6.04 Å². The van der Waals surface area contributed by atoms with Crippen LogP contribution in [0.15, 0.2) is 25.3 Å². The van der Waals surface area contributed by atoms with Crippen molar-refractivity contribution < 1.29 is 56.1 Å². The third-order valence-electron chi connectivity index (χ3n) is 6.40. The van der Waals surface area contributed by atoms with Crippen LogP contribution >= 0.6 is 0 Å². The highest BCUT2D eigenvalue weighted by molar-refractivity contribution is 6.60. The second-order valence-corrected chi connectivity index (χ2v) is 12.5. The Labute approximate surface area is 251 Å². The van der Waals surface area contributed by atoms with Gasteiger partial charge in [-0.15, -0.1) is 0 Å². The van der Waals surface area contributed by atoms with E-state index in [2.05, 4.69) is 13.2 Å². The molecule has 0 spiro atoms. The van der Waals surface area contributed by atoms with E-state index in [4.69, 9.17) is 41.7 Å². The van der Waals surface area contributed by atoms with E-state index in [1.807, 2.05) is 18.9 Å². The zero-order valence-electron chi connectivity index (χ0n) is 26.0. The molecule has 0 saturated carbocycles. The minimum Gasteiger partial charge on any atom is -0.463 e. The number of hydrogen-bond donors (Lipinski definition) is 0. The molecule has 13 nitrogen and oxygen atoms in total. The fraction of sp³-hybridized carbons (Fsp3) is 0.750. The highest BCUT2D eigenvalue weighted by atomic mass is 28.4. The molecule has 0 aliphatic carbocycles. The normalized spacial score (nSPS) is 11.8. The van der Waals surface area contributed by atoms with Gasteiger partial charge in [-0.25, -0.2) is 9.59 Å². The Morgan fingerprint density at radius 2 is 1.19 bits per heavy atom. The van der Waals surface area contributed by atoms with E-state index in [9.17, 15) is 14.4 Å². The molecule has 14 heteroatoms. The summed E-state index contributed by atoms with van der Waals surface area (Å²) in [6.45, 7) is 11.7. The molecule has 0 aromatic rings. The number of nitrogens with zero attached hydrogens (tertiary/aromatic N) is 1. The maximum absolute atomic E-state index is 12.2. The lowest BCUT2D eigenvalue weighted by atomic mass is 9.88. The molecule has 0 heterocycles. The molecule has 244 valence electrons. The Morgan fingerprint density at radius 1 is 0.738 bits per heavy atom. The average Bonchev–Trinajstić information content (AvgIpc) is 3.01. The second kappa shape index (κ2) is 24.3. The van der Waals surface area contributed by atoms with Gasteiger partial charge < -0.3 is 46.6 Å². The van der Waals surface area contributed by atoms with E-state index < -0.39 is 26.2 Å². The highest BCUT2D eigenvalue weighted by Gasteiger charge is 2.37. The van der Waals surface area contributed by atoms with Gasteiger partial charge in [0, 0.05) is 51.5 Å². The molecule has 0 fully saturated rings. The molecule has 0 N–H and O–H groups in total. The van der Waals surface area contributed by atoms with Crippen molar-refractivity contribution in [3.63, 3.8) is 0 Å². The molecule has 0 aliphatic rings. The SMILES string of the molecule is C=CC(=O)OCCOCC(CC)(COCCOC(=O)C=C)COCCOC(=O)CCN(C)CCC[Si](OC)(OC)OC. The lowest BCUT2D eigenvalue weighted by Crippen LogP contribution is -2.43. The Hall–Kier alpha value is -2.17. The Morgan fingerprint density at radius 3 is 1.60 bits per heavy atom. The lowest BCUT2D eigenvalue weighted by molar-refractivity contribution is -0.146. The van der Waals surface area contributed by atoms with Crippen LogP contribution in [-0.4, -0.2) is 133 Å². The van der Waals surface area contributed by atoms with E-state index in [1.54, 1.807) is 21.3 Å². The van der Waals surface area contributed by atoms with Crippen molar-refractivity contribution in [2.45, 2.75) is 32.2 Å². The summed E-state index contributed by atoms with van der Waals surface area (Å²) in [5.41, 5.74) is -0.521. The van der Waals surface area contributed by atoms with E-state index in [0.717, 1.165) is 25.1 Å². The van der Waals surface area contributed by atoms with E-state index in [-0.39, 0.29) is 71.9 Å². The van der Waals surface area contributed by atoms with Gasteiger partial charge in [-0.3, -0.25) is 4.79 Å². The maximum atomic E-state index is 12.2. The summed E-state index contributed by atoms with van der Waals surface area (Å²) in [5, 5.41) is 0. The van der Waals surface area contributed by atoms with Crippen LogP contribution in [0.5, 0.6) is 0 Å². The molecule has 0 aliphatic heterocycles. The minimum absolute atomic E-state index is 0.0883. The first kappa shape index (κ1) is 39.8. The molecule has 42 heavy (non-hydrogen) atoms. The molecule has 0 amide bonds. The predicted molar refractivity (Wildman–Crippen MR) is 157 cm³/mol. The summed E-state index contributed by atoms with van der Waals surface area (Å²) in [7, 11) is 4.11. The van der Waals surface area contributed by atoms with Crippen LogP contribution in [0, 0.1) is 5.41 Å². The summed E-state index contributed by atoms with van der Waals surface area (Å²) in [6, 6.07) is 0.684. The molecule has 0 atom stereocenters. The molecule has 0 aromatic carbocycles. The third kappa shape index (κ3) is 18.4. The van der Waals surface area contributed by atoms with Crippen LogP contribution in [0.1, 0.15) is 26.2 Å². The summed E-state index contributed by atoms with van der Waals surface area (Å²) in [5.74, 6) is -1.35. The number of esters is 3. The molecular formula is C28H51NO12Si. The van der Waals surface area contributed by atoms with Crippen molar-refractivity contribution in [2.24, 2.45) is 5.41 Å². The quantitative estimate of drug-likeness (QED) is 0.0414. The molecule has 0 unspecified atom stereocenters. The largest absolute Gasteiger partial charge is 0.500 e. The molecule has 0 aromatic heterocycles. The van der Waals surface area contributed by atoms with Gasteiger partial charge in [0.25, 0.3) is 0 Å². The van der Waals surface area contributed by atoms with Crippen LogP contribution in [0.25, 0.3) is 0 Å². The fourth-order valence-corrected chi connectivity index (χ4v) is 5.32. The van der Waals surface area contributed by atoms with Gasteiger partial charge in [-0.05, 0) is 26.4 Å². The summed E-state index contributed by atoms with van der Waals surface area (Å²) >= 11 is 0. The Bertz CT molecular complexity index is 740. The average molecular weight is 622 g/mol. The topological polar surface area (TPSA) is 138 Å². The first-order chi connectivity index (χ1) is 20.1. The van der Waals surface area contributed by atoms with Gasteiger partial charge in [0.15, 0.2) is 0 Å². The summed E-state index contributed by atoms with van der Waals surface area (Å²) in [4.78, 5) is 36.7. The van der Waals surface area contributed by atoms with Crippen molar-refractivity contribution in [1.29, 1.82) is 0 Å². The number of carbonyl (C=O) groups excluding carboxylic acids is 3. The van der Waals surface area contributed by atoms with Crippen molar-refractivity contribution in [3.8, 4) is 0 Å². The van der Waals surface area contributed by atoms with Gasteiger partial charge in [0.2, 0.25) is 0 Å². The first-order valence-electron chi connectivity index (χ1n) is 14.0. The lowest BCUT2D eigenvalue weighted by Gasteiger charge is -2.32. The Kier molecular flexibility index (Phi) is 23.0. The molecule has 0 radical (unpaired) electrons. The van der Waals surface area contributed by atoms with Crippen LogP contribution in [0.3, 0.4) is 0 Å². The minimum atomic E-state index is -2.60. The van der Waals surface area contributed by atoms with E-state index in [0.29, 0.717) is 19.0 Å². The summed E-state index contributed by atoms with van der Waals surface area (Å²) in [6.07, 6.45) is 3.89. The van der Waals surface area contributed by atoms with Gasteiger partial charge in [0.1, 0.15) is 19.8 Å². The highest BCUT2D eigenvalue weighted by Crippen LogP contribution is 2.24. The van der Waals surface area contributed by atoms with Gasteiger partial charge in [-0.2, -0.15) is 0 Å². The van der Waals surface area contributed by atoms with Gasteiger partial charge in [-0.1, -0.05) is 20.1 Å². The molecule has 0 rings (SSSR count). The monoisotopic (exact) mass is 621 g/mol. The van der Waals surface area contributed by atoms with Gasteiger partial charge >= 0.3 is 26.7 Å². The van der Waals surface area contributed by atoms with Gasteiger partial charge in [0.05, 0.1) is 46.1 Å². The van der Waals surface area contributed by atoms with Crippen molar-refractivity contribution in [3.05, 3.63) is 25.3 Å². The van der Waals surface area contributed by atoms with Crippen molar-refractivity contribution in [2.75, 3.05) is 101 Å². The van der Waals surface area contributed by atoms with Crippen LogP contribution in [-0.2, 0) is 56.1 Å². The number of hydrogen-bond acceptors (Lipinski definition) is 13. The molecular weight excluding hydrogens is 570 g/mol. The zero-order valence-corrected chi connectivity index (χ0v) is 27.0. The molecule has 0 saturated heterocycles. The standard InChI is InChI=1S/C28H51NO12Si/c1-8-25(30)39-18-15-36-22-28(10-3,23-37-16-19-40-26(31)9-2)24-38-17-20-41-27(32)12-14-29(4)13-11-21-42(33-5,34-6)35-7/h8-9H,1-2,10-24H2,3-7H3. The third-order valence-corrected chi connectivity index (χ3v) is 9.23. The van der Waals surface area contributed by atoms with E-state index in [1.165, 1.54) is 0 Å². The first-order valence-corrected chi connectivity index (χ1v) is 15.9. The van der Waals surface area contributed by atoms with E-state index >= 15 is 0 Å². The number of rotatable bonds is 28.